The highest BCUT2D eigenvalue weighted by atomic mass is 16.5. The summed E-state index contributed by atoms with van der Waals surface area (Å²) < 4.78 is 5.26. The SMILES string of the molecule is COc1cc(C)nc(CN2CCCC(CC(=O)O)C2)c1. The van der Waals surface area contributed by atoms with Crippen LogP contribution in [0.15, 0.2) is 12.1 Å². The van der Waals surface area contributed by atoms with E-state index in [1.807, 2.05) is 19.1 Å². The van der Waals surface area contributed by atoms with Gasteiger partial charge in [-0.25, -0.2) is 0 Å². The molecule has 1 aliphatic rings. The summed E-state index contributed by atoms with van der Waals surface area (Å²) >= 11 is 0. The largest absolute Gasteiger partial charge is 0.497 e. The third-order valence-electron chi connectivity index (χ3n) is 3.67. The van der Waals surface area contributed by atoms with Gasteiger partial charge in [0.05, 0.1) is 12.8 Å². The van der Waals surface area contributed by atoms with Gasteiger partial charge in [0.15, 0.2) is 0 Å². The second kappa shape index (κ2) is 6.70. The fourth-order valence-corrected chi connectivity index (χ4v) is 2.84. The summed E-state index contributed by atoms with van der Waals surface area (Å²) in [5.74, 6) is 0.381. The molecule has 1 atom stereocenters. The predicted molar refractivity (Wildman–Crippen MR) is 75.8 cm³/mol. The van der Waals surface area contributed by atoms with E-state index in [0.29, 0.717) is 0 Å². The number of aliphatic carboxylic acids is 1. The van der Waals surface area contributed by atoms with E-state index in [1.54, 1.807) is 7.11 Å². The molecule has 2 heterocycles. The normalized spacial score (nSPS) is 19.8. The molecule has 0 bridgehead atoms. The van der Waals surface area contributed by atoms with Crippen molar-refractivity contribution < 1.29 is 14.6 Å². The number of carboxylic acids is 1. The van der Waals surface area contributed by atoms with Gasteiger partial charge in [0, 0.05) is 37.3 Å². The van der Waals surface area contributed by atoms with Crippen LogP contribution < -0.4 is 4.74 Å². The first kappa shape index (κ1) is 14.8. The van der Waals surface area contributed by atoms with Crippen LogP contribution in [0.5, 0.6) is 5.75 Å². The molecule has 110 valence electrons. The number of hydrogen-bond acceptors (Lipinski definition) is 4. The lowest BCUT2D eigenvalue weighted by atomic mass is 9.95. The van der Waals surface area contributed by atoms with Crippen molar-refractivity contribution in [3.8, 4) is 5.75 Å². The van der Waals surface area contributed by atoms with E-state index < -0.39 is 5.97 Å². The number of piperidine rings is 1. The summed E-state index contributed by atoms with van der Waals surface area (Å²) in [5.41, 5.74) is 1.93. The summed E-state index contributed by atoms with van der Waals surface area (Å²) in [6.07, 6.45) is 2.33. The summed E-state index contributed by atoms with van der Waals surface area (Å²) in [4.78, 5) is 17.6. The maximum Gasteiger partial charge on any atom is 0.303 e. The van der Waals surface area contributed by atoms with Crippen LogP contribution in [0.3, 0.4) is 0 Å². The number of ether oxygens (including phenoxy) is 1. The maximum atomic E-state index is 10.8. The third-order valence-corrected chi connectivity index (χ3v) is 3.67. The van der Waals surface area contributed by atoms with Gasteiger partial charge in [-0.15, -0.1) is 0 Å². The Bertz CT molecular complexity index is 476. The lowest BCUT2D eigenvalue weighted by Crippen LogP contribution is -2.36. The van der Waals surface area contributed by atoms with Gasteiger partial charge in [0.25, 0.3) is 0 Å². The number of methoxy groups -OCH3 is 1. The van der Waals surface area contributed by atoms with E-state index in [2.05, 4.69) is 9.88 Å². The molecular formula is C15H22N2O3. The highest BCUT2D eigenvalue weighted by Gasteiger charge is 2.22. The Morgan fingerprint density at radius 2 is 2.35 bits per heavy atom. The minimum Gasteiger partial charge on any atom is -0.497 e. The van der Waals surface area contributed by atoms with Crippen molar-refractivity contribution in [3.63, 3.8) is 0 Å². The van der Waals surface area contributed by atoms with Gasteiger partial charge in [0.1, 0.15) is 5.75 Å². The van der Waals surface area contributed by atoms with Crippen molar-refractivity contribution in [1.82, 2.24) is 9.88 Å². The summed E-state index contributed by atoms with van der Waals surface area (Å²) in [5, 5.41) is 8.90. The molecule has 5 heteroatoms. The van der Waals surface area contributed by atoms with Crippen LogP contribution in [0, 0.1) is 12.8 Å². The lowest BCUT2D eigenvalue weighted by molar-refractivity contribution is -0.138. The number of pyridine rings is 1. The Morgan fingerprint density at radius 3 is 3.05 bits per heavy atom. The maximum absolute atomic E-state index is 10.8. The van der Waals surface area contributed by atoms with Crippen molar-refractivity contribution in [2.45, 2.75) is 32.7 Å². The first-order chi connectivity index (χ1) is 9.56. The Hall–Kier alpha value is -1.62. The summed E-state index contributed by atoms with van der Waals surface area (Å²) in [6, 6.07) is 3.86. The topological polar surface area (TPSA) is 62.7 Å². The number of carboxylic acid groups (broad SMARTS) is 1. The smallest absolute Gasteiger partial charge is 0.303 e. The molecule has 20 heavy (non-hydrogen) atoms. The van der Waals surface area contributed by atoms with Crippen molar-refractivity contribution in [2.24, 2.45) is 5.92 Å². The fourth-order valence-electron chi connectivity index (χ4n) is 2.84. The molecule has 0 radical (unpaired) electrons. The van der Waals surface area contributed by atoms with Crippen LogP contribution in [0.2, 0.25) is 0 Å². The van der Waals surface area contributed by atoms with Crippen molar-refractivity contribution in [1.29, 1.82) is 0 Å². The van der Waals surface area contributed by atoms with E-state index in [9.17, 15) is 4.79 Å². The number of carbonyl (C=O) groups is 1. The molecule has 1 unspecified atom stereocenters. The van der Waals surface area contributed by atoms with Gasteiger partial charge in [-0.1, -0.05) is 0 Å². The second-order valence-electron chi connectivity index (χ2n) is 5.48. The van der Waals surface area contributed by atoms with Gasteiger partial charge < -0.3 is 9.84 Å². The first-order valence-corrected chi connectivity index (χ1v) is 7.02. The van der Waals surface area contributed by atoms with Crippen LogP contribution in [0.4, 0.5) is 0 Å². The first-order valence-electron chi connectivity index (χ1n) is 7.02. The van der Waals surface area contributed by atoms with E-state index in [0.717, 1.165) is 49.6 Å². The number of aromatic nitrogens is 1. The van der Waals surface area contributed by atoms with Gasteiger partial charge in [-0.2, -0.15) is 0 Å². The van der Waals surface area contributed by atoms with E-state index >= 15 is 0 Å². The average molecular weight is 278 g/mol. The van der Waals surface area contributed by atoms with Crippen LogP contribution in [0.1, 0.15) is 30.7 Å². The van der Waals surface area contributed by atoms with Crippen LogP contribution >= 0.6 is 0 Å². The number of likely N-dealkylation sites (tertiary alicyclic amines) is 1. The molecule has 1 aliphatic heterocycles. The molecule has 1 saturated heterocycles. The van der Waals surface area contributed by atoms with E-state index in [-0.39, 0.29) is 12.3 Å². The average Bonchev–Trinajstić information content (AvgIpc) is 2.37. The quantitative estimate of drug-likeness (QED) is 0.893. The van der Waals surface area contributed by atoms with Crippen molar-refractivity contribution >= 4 is 5.97 Å². The molecule has 0 aliphatic carbocycles. The zero-order chi connectivity index (χ0) is 14.5. The standard InChI is InChI=1S/C15H22N2O3/c1-11-6-14(20-2)8-13(16-11)10-17-5-3-4-12(9-17)7-15(18)19/h6,8,12H,3-5,7,9-10H2,1-2H3,(H,18,19). The number of aryl methyl sites for hydroxylation is 1. The molecule has 1 fully saturated rings. The zero-order valence-corrected chi connectivity index (χ0v) is 12.1. The van der Waals surface area contributed by atoms with Crippen molar-refractivity contribution in [3.05, 3.63) is 23.5 Å². The third kappa shape index (κ3) is 4.20. The molecule has 0 amide bonds. The monoisotopic (exact) mass is 278 g/mol. The molecule has 0 saturated carbocycles. The number of hydrogen-bond donors (Lipinski definition) is 1. The summed E-state index contributed by atoms with van der Waals surface area (Å²) in [7, 11) is 1.66. The zero-order valence-electron chi connectivity index (χ0n) is 12.1. The van der Waals surface area contributed by atoms with Crippen molar-refractivity contribution in [2.75, 3.05) is 20.2 Å². The fraction of sp³-hybridized carbons (Fsp3) is 0.600. The molecule has 1 aromatic heterocycles. The second-order valence-corrected chi connectivity index (χ2v) is 5.48. The van der Waals surface area contributed by atoms with Gasteiger partial charge in [0.2, 0.25) is 0 Å². The molecule has 1 aromatic rings. The molecule has 5 nitrogen and oxygen atoms in total. The Labute approximate surface area is 119 Å². The molecule has 0 aromatic carbocycles. The predicted octanol–water partition coefficient (Wildman–Crippen LogP) is 2.09. The van der Waals surface area contributed by atoms with Gasteiger partial charge in [-0.05, 0) is 32.2 Å². The molecule has 1 N–H and O–H groups in total. The van der Waals surface area contributed by atoms with Gasteiger partial charge >= 0.3 is 5.97 Å². The minimum absolute atomic E-state index is 0.257. The highest BCUT2D eigenvalue weighted by molar-refractivity contribution is 5.67. The van der Waals surface area contributed by atoms with Crippen LogP contribution in [0.25, 0.3) is 0 Å². The Balaban J connectivity index is 1.98. The number of nitrogens with zero attached hydrogens (tertiary/aromatic N) is 2. The molecule has 0 spiro atoms. The Kier molecular flexibility index (Phi) is 4.95. The highest BCUT2D eigenvalue weighted by Crippen LogP contribution is 2.22. The van der Waals surface area contributed by atoms with Crippen LogP contribution in [-0.4, -0.2) is 41.2 Å². The van der Waals surface area contributed by atoms with Gasteiger partial charge in [-0.3, -0.25) is 14.7 Å². The van der Waals surface area contributed by atoms with E-state index in [1.165, 1.54) is 0 Å². The van der Waals surface area contributed by atoms with Crippen LogP contribution in [-0.2, 0) is 11.3 Å². The number of rotatable bonds is 5. The minimum atomic E-state index is -0.702. The Morgan fingerprint density at radius 1 is 1.55 bits per heavy atom. The summed E-state index contributed by atoms with van der Waals surface area (Å²) in [6.45, 7) is 4.56. The lowest BCUT2D eigenvalue weighted by Gasteiger charge is -2.31. The van der Waals surface area contributed by atoms with E-state index in [4.69, 9.17) is 9.84 Å². The molecule has 2 rings (SSSR count). The molecular weight excluding hydrogens is 256 g/mol.